The van der Waals surface area contributed by atoms with Gasteiger partial charge in [-0.1, -0.05) is 171 Å². The summed E-state index contributed by atoms with van der Waals surface area (Å²) in [6.07, 6.45) is 53.9. The average Bonchev–Trinajstić information content (AvgIpc) is 3.23. The lowest BCUT2D eigenvalue weighted by Crippen LogP contribution is -2.37. The summed E-state index contributed by atoms with van der Waals surface area (Å²) in [7, 11) is 1.14. The Labute approximate surface area is 381 Å². The Morgan fingerprint density at radius 3 is 1.35 bits per heavy atom. The zero-order valence-electron chi connectivity index (χ0n) is 40.6. The monoisotopic (exact) mass is 892 g/mol. The number of phosphoric ester groups is 1. The van der Waals surface area contributed by atoms with Gasteiger partial charge in [0.25, 0.3) is 7.82 Å². The minimum absolute atomic E-state index is 0.0386. The number of rotatable bonds is 45. The van der Waals surface area contributed by atoms with Crippen LogP contribution in [0.25, 0.3) is 0 Å². The third-order valence-corrected chi connectivity index (χ3v) is 11.5. The Morgan fingerprint density at radius 2 is 0.871 bits per heavy atom. The summed E-state index contributed by atoms with van der Waals surface area (Å²) in [4.78, 5) is 37.7. The highest BCUT2D eigenvalue weighted by atomic mass is 31.2. The van der Waals surface area contributed by atoms with E-state index >= 15 is 0 Å². The number of quaternary nitrogens is 1. The van der Waals surface area contributed by atoms with Crippen LogP contribution in [0.4, 0.5) is 0 Å². The SMILES string of the molecule is CCCCC/C=C\C/C=C\C/C=C\C/C=C\CCCCCC(=O)OC[C@H](COP(=O)([O-])OCC[N+](C)(C)C)OC(=O)CCCCCCCCCCC/C=C\CCCCCCCC. The van der Waals surface area contributed by atoms with Gasteiger partial charge in [-0.3, -0.25) is 14.2 Å². The topological polar surface area (TPSA) is 111 Å². The van der Waals surface area contributed by atoms with Crippen molar-refractivity contribution >= 4 is 19.8 Å². The van der Waals surface area contributed by atoms with Gasteiger partial charge in [0, 0.05) is 12.8 Å². The van der Waals surface area contributed by atoms with Crippen molar-refractivity contribution in [2.75, 3.05) is 47.5 Å². The van der Waals surface area contributed by atoms with E-state index in [1.807, 2.05) is 21.1 Å². The van der Waals surface area contributed by atoms with Crippen molar-refractivity contribution in [1.29, 1.82) is 0 Å². The van der Waals surface area contributed by atoms with E-state index in [0.717, 1.165) is 57.8 Å². The number of carbonyl (C=O) groups is 2. The molecule has 0 amide bonds. The van der Waals surface area contributed by atoms with Crippen LogP contribution in [-0.2, 0) is 32.7 Å². The second-order valence-corrected chi connectivity index (χ2v) is 19.2. The summed E-state index contributed by atoms with van der Waals surface area (Å²) in [6, 6.07) is 0. The predicted octanol–water partition coefficient (Wildman–Crippen LogP) is 14.2. The van der Waals surface area contributed by atoms with Gasteiger partial charge >= 0.3 is 11.9 Å². The first-order valence-corrected chi connectivity index (χ1v) is 26.5. The first kappa shape index (κ1) is 59.7. The second kappa shape index (κ2) is 43.9. The number of esters is 2. The normalized spacial score (nSPS) is 14.0. The Morgan fingerprint density at radius 1 is 0.500 bits per heavy atom. The number of hydrogen-bond donors (Lipinski definition) is 0. The summed E-state index contributed by atoms with van der Waals surface area (Å²) in [5.74, 6) is -0.872. The third-order valence-electron chi connectivity index (χ3n) is 10.5. The van der Waals surface area contributed by atoms with Crippen LogP contribution >= 0.6 is 7.82 Å². The molecular weight excluding hydrogens is 798 g/mol. The van der Waals surface area contributed by atoms with E-state index in [1.165, 1.54) is 109 Å². The Kier molecular flexibility index (Phi) is 42.3. The number of likely N-dealkylation sites (N-methyl/N-ethyl adjacent to an activating group) is 1. The molecule has 62 heavy (non-hydrogen) atoms. The minimum Gasteiger partial charge on any atom is -0.756 e. The lowest BCUT2D eigenvalue weighted by molar-refractivity contribution is -0.870. The number of allylic oxidation sites excluding steroid dienone is 10. The van der Waals surface area contributed by atoms with Gasteiger partial charge in [-0.15, -0.1) is 0 Å². The first-order valence-electron chi connectivity index (χ1n) is 25.0. The molecule has 10 heteroatoms. The number of unbranched alkanes of at least 4 members (excludes halogenated alkanes) is 21. The average molecular weight is 892 g/mol. The van der Waals surface area contributed by atoms with Gasteiger partial charge < -0.3 is 27.9 Å². The third kappa shape index (κ3) is 47.2. The zero-order chi connectivity index (χ0) is 45.7. The molecule has 0 aliphatic carbocycles. The van der Waals surface area contributed by atoms with Gasteiger partial charge in [-0.25, -0.2) is 0 Å². The van der Waals surface area contributed by atoms with E-state index in [-0.39, 0.29) is 26.1 Å². The number of nitrogens with zero attached hydrogens (tertiary/aromatic N) is 1. The lowest BCUT2D eigenvalue weighted by atomic mass is 10.1. The maximum Gasteiger partial charge on any atom is 0.306 e. The molecule has 1 unspecified atom stereocenters. The van der Waals surface area contributed by atoms with Gasteiger partial charge in [0.15, 0.2) is 6.10 Å². The van der Waals surface area contributed by atoms with Crippen molar-refractivity contribution in [3.05, 3.63) is 60.8 Å². The minimum atomic E-state index is -4.64. The van der Waals surface area contributed by atoms with Crippen LogP contribution in [0.2, 0.25) is 0 Å². The Bertz CT molecular complexity index is 1240. The van der Waals surface area contributed by atoms with Crippen molar-refractivity contribution in [1.82, 2.24) is 0 Å². The molecule has 0 aromatic carbocycles. The molecule has 0 radical (unpaired) electrons. The van der Waals surface area contributed by atoms with Crippen LogP contribution in [0.1, 0.15) is 206 Å². The largest absolute Gasteiger partial charge is 0.756 e. The van der Waals surface area contributed by atoms with Crippen molar-refractivity contribution < 1.29 is 42.1 Å². The maximum atomic E-state index is 12.7. The molecule has 0 saturated heterocycles. The van der Waals surface area contributed by atoms with Gasteiger partial charge in [0.1, 0.15) is 19.8 Å². The quantitative estimate of drug-likeness (QED) is 0.0195. The van der Waals surface area contributed by atoms with Crippen molar-refractivity contribution in [3.63, 3.8) is 0 Å². The van der Waals surface area contributed by atoms with Gasteiger partial charge in [-0.05, 0) is 83.5 Å². The molecule has 0 spiro atoms. The summed E-state index contributed by atoms with van der Waals surface area (Å²) < 4.78 is 34.0. The maximum absolute atomic E-state index is 12.7. The molecular formula is C52H94NO8P. The van der Waals surface area contributed by atoms with E-state index in [9.17, 15) is 19.0 Å². The Hall–Kier alpha value is -2.29. The highest BCUT2D eigenvalue weighted by molar-refractivity contribution is 7.45. The molecule has 0 rings (SSSR count). The van der Waals surface area contributed by atoms with Crippen molar-refractivity contribution in [2.45, 2.75) is 213 Å². The number of carbonyl (C=O) groups excluding carboxylic acids is 2. The van der Waals surface area contributed by atoms with Crippen LogP contribution in [-0.4, -0.2) is 70.0 Å². The smallest absolute Gasteiger partial charge is 0.306 e. The van der Waals surface area contributed by atoms with E-state index in [0.29, 0.717) is 23.9 Å². The van der Waals surface area contributed by atoms with E-state index in [2.05, 4.69) is 74.6 Å². The van der Waals surface area contributed by atoms with Gasteiger partial charge in [0.05, 0.1) is 27.7 Å². The van der Waals surface area contributed by atoms with Gasteiger partial charge in [0.2, 0.25) is 0 Å². The highest BCUT2D eigenvalue weighted by Gasteiger charge is 2.21. The summed E-state index contributed by atoms with van der Waals surface area (Å²) >= 11 is 0. The summed E-state index contributed by atoms with van der Waals surface area (Å²) in [5, 5.41) is 0. The fourth-order valence-electron chi connectivity index (χ4n) is 6.57. The Balaban J connectivity index is 4.35. The summed E-state index contributed by atoms with van der Waals surface area (Å²) in [6.45, 7) is 4.17. The molecule has 360 valence electrons. The first-order chi connectivity index (χ1) is 30.0. The van der Waals surface area contributed by atoms with Crippen LogP contribution in [0.3, 0.4) is 0 Å². The van der Waals surface area contributed by atoms with Crippen molar-refractivity contribution in [2.24, 2.45) is 0 Å². The number of hydrogen-bond acceptors (Lipinski definition) is 8. The molecule has 0 bridgehead atoms. The predicted molar refractivity (Wildman–Crippen MR) is 259 cm³/mol. The lowest BCUT2D eigenvalue weighted by Gasteiger charge is -2.28. The summed E-state index contributed by atoms with van der Waals surface area (Å²) in [5.41, 5.74) is 0. The number of ether oxygens (including phenoxy) is 2. The molecule has 0 fully saturated rings. The number of phosphoric acid groups is 1. The fourth-order valence-corrected chi connectivity index (χ4v) is 7.30. The molecule has 0 N–H and O–H groups in total. The van der Waals surface area contributed by atoms with Crippen LogP contribution in [0.15, 0.2) is 60.8 Å². The molecule has 0 aliphatic rings. The molecule has 9 nitrogen and oxygen atoms in total. The molecule has 0 saturated carbocycles. The van der Waals surface area contributed by atoms with Crippen LogP contribution < -0.4 is 4.89 Å². The van der Waals surface area contributed by atoms with E-state index in [4.69, 9.17) is 18.5 Å². The second-order valence-electron chi connectivity index (χ2n) is 17.8. The molecule has 0 aromatic rings. The van der Waals surface area contributed by atoms with Crippen molar-refractivity contribution in [3.8, 4) is 0 Å². The standard InChI is InChI=1S/C52H94NO8P/c1-6-8-10-12-14-16-18-20-22-24-26-28-30-32-34-36-38-40-42-44-51(54)58-48-50(49-60-62(56,57)59-47-46-53(3,4)5)61-52(55)45-43-41-39-37-35-33-31-29-27-25-23-21-19-17-15-13-11-9-7-2/h14,16,20-23,26,28,32,34,50H,6-13,15,17-19,24-25,27,29-31,33,35-49H2,1-5H3/b16-14-,22-20-,23-21-,28-26-,34-32-/t50-/m1/s1. The molecule has 0 aliphatic heterocycles. The molecule has 2 atom stereocenters. The van der Waals surface area contributed by atoms with E-state index < -0.39 is 32.5 Å². The highest BCUT2D eigenvalue weighted by Crippen LogP contribution is 2.38. The van der Waals surface area contributed by atoms with Crippen LogP contribution in [0, 0.1) is 0 Å². The zero-order valence-corrected chi connectivity index (χ0v) is 41.4. The van der Waals surface area contributed by atoms with Gasteiger partial charge in [-0.2, -0.15) is 0 Å². The van der Waals surface area contributed by atoms with Crippen LogP contribution in [0.5, 0.6) is 0 Å². The molecule has 0 aromatic heterocycles. The fraction of sp³-hybridized carbons (Fsp3) is 0.769. The molecule has 0 heterocycles. The van der Waals surface area contributed by atoms with E-state index in [1.54, 1.807) is 0 Å².